The third-order valence-electron chi connectivity index (χ3n) is 6.03. The molecule has 3 fully saturated rings. The Labute approximate surface area is 171 Å². The SMILES string of the molecule is Cc1ccc(/C=C/CC(=O)NC2CN(C(=O)C3CCC(=O)N(C4CC4)C3)C2)cc1. The first-order chi connectivity index (χ1) is 14.0. The summed E-state index contributed by atoms with van der Waals surface area (Å²) in [5.41, 5.74) is 2.29. The van der Waals surface area contributed by atoms with Gasteiger partial charge in [-0.25, -0.2) is 0 Å². The Morgan fingerprint density at radius 3 is 2.52 bits per heavy atom. The minimum atomic E-state index is -0.0811. The summed E-state index contributed by atoms with van der Waals surface area (Å²) in [5.74, 6) is 0.230. The Kier molecular flexibility index (Phi) is 5.69. The molecule has 1 aliphatic carbocycles. The highest BCUT2D eigenvalue weighted by Crippen LogP contribution is 2.32. The molecule has 0 aromatic heterocycles. The summed E-state index contributed by atoms with van der Waals surface area (Å²) in [7, 11) is 0. The molecular formula is C23H29N3O3. The second-order valence-corrected chi connectivity index (χ2v) is 8.54. The fraction of sp³-hybridized carbons (Fsp3) is 0.522. The van der Waals surface area contributed by atoms with Crippen LogP contribution in [0.25, 0.3) is 6.08 Å². The molecule has 29 heavy (non-hydrogen) atoms. The number of carbonyl (C=O) groups excluding carboxylic acids is 3. The van der Waals surface area contributed by atoms with Crippen molar-refractivity contribution in [1.29, 1.82) is 0 Å². The lowest BCUT2D eigenvalue weighted by Crippen LogP contribution is -2.63. The molecule has 1 aromatic rings. The molecule has 4 rings (SSSR count). The van der Waals surface area contributed by atoms with Crippen LogP contribution >= 0.6 is 0 Å². The molecule has 2 saturated heterocycles. The van der Waals surface area contributed by atoms with Crippen LogP contribution in [0, 0.1) is 12.8 Å². The van der Waals surface area contributed by atoms with Crippen molar-refractivity contribution in [3.63, 3.8) is 0 Å². The standard InChI is InChI=1S/C23H29N3O3/c1-16-5-7-17(8-6-16)3-2-4-21(27)24-19-14-25(15-19)23(29)18-9-12-22(28)26(13-18)20-10-11-20/h2-3,5-8,18-20H,4,9-15H2,1H3,(H,24,27)/b3-2+. The predicted molar refractivity (Wildman–Crippen MR) is 111 cm³/mol. The zero-order chi connectivity index (χ0) is 20.4. The number of amides is 3. The van der Waals surface area contributed by atoms with Crippen molar-refractivity contribution in [2.75, 3.05) is 19.6 Å². The van der Waals surface area contributed by atoms with E-state index in [1.54, 1.807) is 0 Å². The zero-order valence-corrected chi connectivity index (χ0v) is 17.0. The van der Waals surface area contributed by atoms with Crippen LogP contribution in [-0.4, -0.2) is 59.2 Å². The van der Waals surface area contributed by atoms with Gasteiger partial charge in [-0.05, 0) is 31.7 Å². The topological polar surface area (TPSA) is 69.7 Å². The van der Waals surface area contributed by atoms with Gasteiger partial charge in [-0.1, -0.05) is 42.0 Å². The summed E-state index contributed by atoms with van der Waals surface area (Å²) in [6, 6.07) is 8.56. The minimum absolute atomic E-state index is 0.0198. The van der Waals surface area contributed by atoms with Crippen LogP contribution < -0.4 is 5.32 Å². The first-order valence-corrected chi connectivity index (χ1v) is 10.6. The second kappa shape index (κ2) is 8.39. The fourth-order valence-electron chi connectivity index (χ4n) is 4.09. The van der Waals surface area contributed by atoms with E-state index in [9.17, 15) is 14.4 Å². The average Bonchev–Trinajstić information content (AvgIpc) is 3.51. The van der Waals surface area contributed by atoms with E-state index in [2.05, 4.69) is 5.32 Å². The van der Waals surface area contributed by atoms with Crippen LogP contribution in [-0.2, 0) is 14.4 Å². The van der Waals surface area contributed by atoms with E-state index in [0.717, 1.165) is 18.4 Å². The third-order valence-corrected chi connectivity index (χ3v) is 6.03. The lowest BCUT2D eigenvalue weighted by molar-refractivity contribution is -0.147. The smallest absolute Gasteiger partial charge is 0.227 e. The highest BCUT2D eigenvalue weighted by Gasteiger charge is 2.41. The number of nitrogens with zero attached hydrogens (tertiary/aromatic N) is 2. The number of benzene rings is 1. The molecule has 2 aliphatic heterocycles. The molecule has 6 heteroatoms. The highest BCUT2D eigenvalue weighted by molar-refractivity contribution is 5.85. The summed E-state index contributed by atoms with van der Waals surface area (Å²) in [6.45, 7) is 3.75. The lowest BCUT2D eigenvalue weighted by Gasteiger charge is -2.43. The number of aryl methyl sites for hydroxylation is 1. The monoisotopic (exact) mass is 395 g/mol. The molecule has 1 atom stereocenters. The van der Waals surface area contributed by atoms with Crippen LogP contribution in [0.4, 0.5) is 0 Å². The van der Waals surface area contributed by atoms with Gasteiger partial charge in [-0.15, -0.1) is 0 Å². The Hall–Kier alpha value is -2.63. The van der Waals surface area contributed by atoms with Crippen molar-refractivity contribution < 1.29 is 14.4 Å². The van der Waals surface area contributed by atoms with Crippen molar-refractivity contribution in [3.8, 4) is 0 Å². The van der Waals surface area contributed by atoms with Gasteiger partial charge in [0.15, 0.2) is 0 Å². The second-order valence-electron chi connectivity index (χ2n) is 8.54. The van der Waals surface area contributed by atoms with E-state index in [1.165, 1.54) is 5.56 Å². The van der Waals surface area contributed by atoms with Gasteiger partial charge in [0.25, 0.3) is 0 Å². The third kappa shape index (κ3) is 4.86. The highest BCUT2D eigenvalue weighted by atomic mass is 16.2. The maximum absolute atomic E-state index is 12.7. The predicted octanol–water partition coefficient (Wildman–Crippen LogP) is 2.13. The van der Waals surface area contributed by atoms with Crippen molar-refractivity contribution in [2.24, 2.45) is 5.92 Å². The summed E-state index contributed by atoms with van der Waals surface area (Å²) in [4.78, 5) is 40.6. The molecule has 6 nitrogen and oxygen atoms in total. The molecule has 0 radical (unpaired) electrons. The number of likely N-dealkylation sites (tertiary alicyclic amines) is 2. The van der Waals surface area contributed by atoms with E-state index in [-0.39, 0.29) is 29.7 Å². The number of carbonyl (C=O) groups is 3. The average molecular weight is 396 g/mol. The molecule has 3 amide bonds. The van der Waals surface area contributed by atoms with Gasteiger partial charge in [0.1, 0.15) is 0 Å². The van der Waals surface area contributed by atoms with Crippen LogP contribution in [0.2, 0.25) is 0 Å². The number of nitrogens with one attached hydrogen (secondary N) is 1. The van der Waals surface area contributed by atoms with Crippen LogP contribution in [0.5, 0.6) is 0 Å². The molecule has 2 heterocycles. The van der Waals surface area contributed by atoms with Gasteiger partial charge in [0.05, 0.1) is 12.0 Å². The van der Waals surface area contributed by atoms with Crippen molar-refractivity contribution >= 4 is 23.8 Å². The van der Waals surface area contributed by atoms with E-state index >= 15 is 0 Å². The maximum Gasteiger partial charge on any atom is 0.227 e. The van der Waals surface area contributed by atoms with Crippen molar-refractivity contribution in [1.82, 2.24) is 15.1 Å². The molecule has 1 saturated carbocycles. The molecule has 1 unspecified atom stereocenters. The maximum atomic E-state index is 12.7. The molecule has 3 aliphatic rings. The summed E-state index contributed by atoms with van der Waals surface area (Å²) in [6.07, 6.45) is 7.43. The van der Waals surface area contributed by atoms with Gasteiger partial charge in [-0.2, -0.15) is 0 Å². The number of rotatable bonds is 6. The molecule has 0 bridgehead atoms. The number of hydrogen-bond donors (Lipinski definition) is 1. The normalized spacial score (nSPS) is 22.7. The van der Waals surface area contributed by atoms with E-state index in [4.69, 9.17) is 0 Å². The Bertz CT molecular complexity index is 807. The number of hydrogen-bond acceptors (Lipinski definition) is 3. The first-order valence-electron chi connectivity index (χ1n) is 10.6. The lowest BCUT2D eigenvalue weighted by atomic mass is 9.94. The summed E-state index contributed by atoms with van der Waals surface area (Å²) < 4.78 is 0. The Balaban J connectivity index is 1.17. The van der Waals surface area contributed by atoms with Crippen molar-refractivity contribution in [2.45, 2.75) is 51.1 Å². The minimum Gasteiger partial charge on any atom is -0.350 e. The first kappa shape index (κ1) is 19.7. The summed E-state index contributed by atoms with van der Waals surface area (Å²) in [5, 5.41) is 2.99. The molecule has 154 valence electrons. The van der Waals surface area contributed by atoms with Gasteiger partial charge in [-0.3, -0.25) is 14.4 Å². The number of piperidine rings is 1. The van der Waals surface area contributed by atoms with E-state index in [0.29, 0.717) is 44.9 Å². The quantitative estimate of drug-likeness (QED) is 0.802. The van der Waals surface area contributed by atoms with Gasteiger partial charge in [0, 0.05) is 38.5 Å². The Morgan fingerprint density at radius 1 is 1.10 bits per heavy atom. The fourth-order valence-corrected chi connectivity index (χ4v) is 4.09. The van der Waals surface area contributed by atoms with E-state index in [1.807, 2.05) is 53.1 Å². The largest absolute Gasteiger partial charge is 0.350 e. The molecule has 1 aromatic carbocycles. The zero-order valence-electron chi connectivity index (χ0n) is 17.0. The van der Waals surface area contributed by atoms with Crippen LogP contribution in [0.3, 0.4) is 0 Å². The Morgan fingerprint density at radius 2 is 1.83 bits per heavy atom. The van der Waals surface area contributed by atoms with Crippen LogP contribution in [0.15, 0.2) is 30.3 Å². The van der Waals surface area contributed by atoms with Gasteiger partial charge >= 0.3 is 0 Å². The van der Waals surface area contributed by atoms with Crippen LogP contribution in [0.1, 0.15) is 43.2 Å². The van der Waals surface area contributed by atoms with Gasteiger partial charge in [0.2, 0.25) is 17.7 Å². The molecule has 0 spiro atoms. The van der Waals surface area contributed by atoms with E-state index < -0.39 is 0 Å². The summed E-state index contributed by atoms with van der Waals surface area (Å²) >= 11 is 0. The molecular weight excluding hydrogens is 366 g/mol. The van der Waals surface area contributed by atoms with Gasteiger partial charge < -0.3 is 15.1 Å². The van der Waals surface area contributed by atoms with Crippen molar-refractivity contribution in [3.05, 3.63) is 41.5 Å². The molecule has 1 N–H and O–H groups in total.